The molecule has 1 saturated heterocycles. The van der Waals surface area contributed by atoms with E-state index in [1.807, 2.05) is 0 Å². The van der Waals surface area contributed by atoms with Gasteiger partial charge in [-0.05, 0) is 52.2 Å². The van der Waals surface area contributed by atoms with Gasteiger partial charge in [0.05, 0.1) is 5.56 Å². The maximum atomic E-state index is 14.0. The van der Waals surface area contributed by atoms with Crippen LogP contribution in [0.1, 0.15) is 49.5 Å². The first-order valence-electron chi connectivity index (χ1n) is 7.60. The zero-order valence-corrected chi connectivity index (χ0v) is 13.4. The number of hydrogen-bond donors (Lipinski definition) is 1. The van der Waals surface area contributed by atoms with Gasteiger partial charge in [0.15, 0.2) is 0 Å². The van der Waals surface area contributed by atoms with Crippen molar-refractivity contribution in [3.63, 3.8) is 0 Å². The van der Waals surface area contributed by atoms with Gasteiger partial charge in [0.25, 0.3) is 5.91 Å². The van der Waals surface area contributed by atoms with Gasteiger partial charge in [-0.25, -0.2) is 4.39 Å². The molecule has 1 amide bonds. The summed E-state index contributed by atoms with van der Waals surface area (Å²) in [6.45, 7) is 10.2. The van der Waals surface area contributed by atoms with Gasteiger partial charge in [0.2, 0.25) is 0 Å². The molecule has 0 aliphatic carbocycles. The lowest BCUT2D eigenvalue weighted by Gasteiger charge is -2.41. The Hall–Kier alpha value is -1.42. The molecular formula is C17H25FN2O. The first-order chi connectivity index (χ1) is 9.79. The van der Waals surface area contributed by atoms with Crippen LogP contribution in [0.5, 0.6) is 0 Å². The third-order valence-electron chi connectivity index (χ3n) is 4.22. The number of nitrogens with one attached hydrogen (secondary N) is 1. The summed E-state index contributed by atoms with van der Waals surface area (Å²) in [7, 11) is 0. The van der Waals surface area contributed by atoms with Crippen molar-refractivity contribution in [2.24, 2.45) is 0 Å². The summed E-state index contributed by atoms with van der Waals surface area (Å²) < 4.78 is 14.0. The molecule has 1 aliphatic rings. The number of aryl methyl sites for hydroxylation is 1. The van der Waals surface area contributed by atoms with Gasteiger partial charge in [-0.15, -0.1) is 0 Å². The van der Waals surface area contributed by atoms with E-state index in [4.69, 9.17) is 0 Å². The van der Waals surface area contributed by atoms with Crippen molar-refractivity contribution in [1.82, 2.24) is 10.2 Å². The molecule has 0 bridgehead atoms. The summed E-state index contributed by atoms with van der Waals surface area (Å²) in [5, 5.41) is 2.97. The molecule has 1 aromatic carbocycles. The van der Waals surface area contributed by atoms with E-state index in [1.54, 1.807) is 25.1 Å². The van der Waals surface area contributed by atoms with Crippen LogP contribution in [-0.2, 0) is 0 Å². The normalized spacial score (nSPS) is 17.8. The van der Waals surface area contributed by atoms with E-state index in [2.05, 4.69) is 31.0 Å². The molecule has 0 unspecified atom stereocenters. The molecular weight excluding hydrogens is 267 g/mol. The second-order valence-electron chi connectivity index (χ2n) is 6.84. The number of carbonyl (C=O) groups excluding carboxylic acids is 1. The molecule has 1 aromatic rings. The van der Waals surface area contributed by atoms with Crippen LogP contribution in [0, 0.1) is 12.7 Å². The Morgan fingerprint density at radius 1 is 1.29 bits per heavy atom. The largest absolute Gasteiger partial charge is 0.349 e. The summed E-state index contributed by atoms with van der Waals surface area (Å²) >= 11 is 0. The molecule has 1 heterocycles. The molecule has 0 atom stereocenters. The van der Waals surface area contributed by atoms with Crippen LogP contribution in [-0.4, -0.2) is 35.5 Å². The zero-order valence-electron chi connectivity index (χ0n) is 13.4. The molecule has 1 aliphatic heterocycles. The Balaban J connectivity index is 1.95. The maximum Gasteiger partial charge on any atom is 0.254 e. The Bertz CT molecular complexity index is 514. The number of rotatable bonds is 2. The topological polar surface area (TPSA) is 32.3 Å². The third-order valence-corrected chi connectivity index (χ3v) is 4.22. The number of hydrogen-bond acceptors (Lipinski definition) is 2. The number of benzene rings is 1. The van der Waals surface area contributed by atoms with Crippen molar-refractivity contribution in [3.05, 3.63) is 35.1 Å². The Morgan fingerprint density at radius 3 is 2.48 bits per heavy atom. The molecule has 116 valence electrons. The molecule has 21 heavy (non-hydrogen) atoms. The van der Waals surface area contributed by atoms with Crippen molar-refractivity contribution < 1.29 is 9.18 Å². The van der Waals surface area contributed by atoms with E-state index >= 15 is 0 Å². The number of amides is 1. The fraction of sp³-hybridized carbons (Fsp3) is 0.588. The molecule has 1 fully saturated rings. The molecule has 2 rings (SSSR count). The highest BCUT2D eigenvalue weighted by Gasteiger charge is 2.28. The second kappa shape index (κ2) is 6.14. The lowest BCUT2D eigenvalue weighted by Crippen LogP contribution is -2.50. The van der Waals surface area contributed by atoms with Crippen LogP contribution in [0.25, 0.3) is 0 Å². The van der Waals surface area contributed by atoms with Gasteiger partial charge >= 0.3 is 0 Å². The van der Waals surface area contributed by atoms with Crippen molar-refractivity contribution in [2.75, 3.05) is 13.1 Å². The Labute approximate surface area is 126 Å². The average Bonchev–Trinajstić information content (AvgIpc) is 2.41. The zero-order chi connectivity index (χ0) is 15.6. The first kappa shape index (κ1) is 16.0. The highest BCUT2D eigenvalue weighted by Crippen LogP contribution is 2.20. The number of halogens is 1. The first-order valence-corrected chi connectivity index (χ1v) is 7.60. The third kappa shape index (κ3) is 3.82. The second-order valence-corrected chi connectivity index (χ2v) is 6.84. The summed E-state index contributed by atoms with van der Waals surface area (Å²) in [6.07, 6.45) is 1.83. The molecule has 0 radical (unpaired) electrons. The maximum absolute atomic E-state index is 14.0. The summed E-state index contributed by atoms with van der Waals surface area (Å²) in [5.41, 5.74) is 0.816. The molecule has 0 spiro atoms. The van der Waals surface area contributed by atoms with Crippen LogP contribution >= 0.6 is 0 Å². The van der Waals surface area contributed by atoms with E-state index in [-0.39, 0.29) is 23.1 Å². The minimum absolute atomic E-state index is 0.135. The number of piperidine rings is 1. The van der Waals surface area contributed by atoms with Crippen molar-refractivity contribution in [1.29, 1.82) is 0 Å². The summed E-state index contributed by atoms with van der Waals surface area (Å²) in [5.74, 6) is -0.715. The van der Waals surface area contributed by atoms with Gasteiger partial charge in [0, 0.05) is 24.7 Å². The predicted octanol–water partition coefficient (Wildman–Crippen LogP) is 3.13. The number of carbonyl (C=O) groups is 1. The Morgan fingerprint density at radius 2 is 1.90 bits per heavy atom. The minimum atomic E-state index is -0.415. The lowest BCUT2D eigenvalue weighted by molar-refractivity contribution is 0.0810. The quantitative estimate of drug-likeness (QED) is 0.908. The highest BCUT2D eigenvalue weighted by molar-refractivity contribution is 5.94. The van der Waals surface area contributed by atoms with E-state index in [0.29, 0.717) is 5.56 Å². The van der Waals surface area contributed by atoms with Gasteiger partial charge in [0.1, 0.15) is 5.82 Å². The standard InChI is InChI=1S/C17H25FN2O/c1-12-6-5-7-14(15(12)18)16(21)19-13-8-10-20(11-9-13)17(2,3)4/h5-7,13H,8-11H2,1-4H3,(H,19,21). The van der Waals surface area contributed by atoms with Crippen molar-refractivity contribution in [2.45, 2.75) is 52.1 Å². The SMILES string of the molecule is Cc1cccc(C(=O)NC2CCN(C(C)(C)C)CC2)c1F. The fourth-order valence-corrected chi connectivity index (χ4v) is 2.78. The molecule has 3 nitrogen and oxygen atoms in total. The van der Waals surface area contributed by atoms with E-state index in [1.165, 1.54) is 0 Å². The highest BCUT2D eigenvalue weighted by atomic mass is 19.1. The van der Waals surface area contributed by atoms with Crippen LogP contribution < -0.4 is 5.32 Å². The van der Waals surface area contributed by atoms with Gasteiger partial charge in [-0.3, -0.25) is 9.69 Å². The van der Waals surface area contributed by atoms with Crippen molar-refractivity contribution >= 4 is 5.91 Å². The van der Waals surface area contributed by atoms with E-state index in [0.717, 1.165) is 25.9 Å². The van der Waals surface area contributed by atoms with E-state index < -0.39 is 5.82 Å². The molecule has 4 heteroatoms. The van der Waals surface area contributed by atoms with Crippen LogP contribution in [0.15, 0.2) is 18.2 Å². The summed E-state index contributed by atoms with van der Waals surface area (Å²) in [6, 6.07) is 5.07. The minimum Gasteiger partial charge on any atom is -0.349 e. The lowest BCUT2D eigenvalue weighted by atomic mass is 9.97. The fourth-order valence-electron chi connectivity index (χ4n) is 2.78. The molecule has 1 N–H and O–H groups in total. The van der Waals surface area contributed by atoms with Crippen LogP contribution in [0.2, 0.25) is 0 Å². The summed E-state index contributed by atoms with van der Waals surface area (Å²) in [4.78, 5) is 14.6. The monoisotopic (exact) mass is 292 g/mol. The van der Waals surface area contributed by atoms with E-state index in [9.17, 15) is 9.18 Å². The van der Waals surface area contributed by atoms with Crippen LogP contribution in [0.3, 0.4) is 0 Å². The van der Waals surface area contributed by atoms with Gasteiger partial charge in [-0.2, -0.15) is 0 Å². The molecule has 0 aromatic heterocycles. The van der Waals surface area contributed by atoms with Gasteiger partial charge < -0.3 is 5.32 Å². The number of likely N-dealkylation sites (tertiary alicyclic amines) is 1. The average molecular weight is 292 g/mol. The van der Waals surface area contributed by atoms with Gasteiger partial charge in [-0.1, -0.05) is 12.1 Å². The van der Waals surface area contributed by atoms with Crippen LogP contribution in [0.4, 0.5) is 4.39 Å². The molecule has 0 saturated carbocycles. The number of nitrogens with zero attached hydrogens (tertiary/aromatic N) is 1. The Kier molecular flexibility index (Phi) is 4.67. The smallest absolute Gasteiger partial charge is 0.254 e. The van der Waals surface area contributed by atoms with Crippen molar-refractivity contribution in [3.8, 4) is 0 Å². The predicted molar refractivity (Wildman–Crippen MR) is 83.0 cm³/mol.